The van der Waals surface area contributed by atoms with Crippen LogP contribution in [-0.4, -0.2) is 47.3 Å². The van der Waals surface area contributed by atoms with Gasteiger partial charge in [0.15, 0.2) is 0 Å². The second-order valence-corrected chi connectivity index (χ2v) is 10.4. The topological polar surface area (TPSA) is 110 Å². The van der Waals surface area contributed by atoms with Crippen LogP contribution in [0.25, 0.3) is 0 Å². The molecule has 1 aliphatic carbocycles. The van der Waals surface area contributed by atoms with Crippen LogP contribution in [0.4, 0.5) is 0 Å². The number of nitrogens with two attached hydrogens (primary N) is 1. The van der Waals surface area contributed by atoms with Gasteiger partial charge in [-0.25, -0.2) is 21.6 Å². The van der Waals surface area contributed by atoms with Crippen molar-refractivity contribution in [2.75, 3.05) is 20.1 Å². The van der Waals surface area contributed by atoms with Crippen molar-refractivity contribution in [3.8, 4) is 0 Å². The van der Waals surface area contributed by atoms with E-state index in [2.05, 4.69) is 4.72 Å². The van der Waals surface area contributed by atoms with E-state index in [1.165, 1.54) is 29.6 Å². The van der Waals surface area contributed by atoms with Crippen molar-refractivity contribution in [2.24, 2.45) is 17.6 Å². The average molecular weight is 374 g/mol. The highest BCUT2D eigenvalue weighted by molar-refractivity contribution is 7.89. The predicted octanol–water partition coefficient (Wildman–Crippen LogP) is 0.261. The monoisotopic (exact) mass is 373 g/mol. The zero-order chi connectivity index (χ0) is 17.7. The molecule has 2 aliphatic rings. The van der Waals surface area contributed by atoms with E-state index in [1.807, 2.05) is 0 Å². The number of hydrogen-bond donors (Lipinski definition) is 2. The van der Waals surface area contributed by atoms with E-state index in [-0.39, 0.29) is 21.8 Å². The molecule has 1 aromatic rings. The molecule has 134 valence electrons. The highest BCUT2D eigenvalue weighted by Crippen LogP contribution is 2.39. The molecule has 0 bridgehead atoms. The summed E-state index contributed by atoms with van der Waals surface area (Å²) in [6.07, 6.45) is 1.93. The normalized spacial score (nSPS) is 28.2. The lowest BCUT2D eigenvalue weighted by Crippen LogP contribution is -2.33. The van der Waals surface area contributed by atoms with E-state index >= 15 is 0 Å². The number of rotatable bonds is 4. The molecule has 1 aromatic carbocycles. The summed E-state index contributed by atoms with van der Waals surface area (Å²) in [7, 11) is -5.91. The van der Waals surface area contributed by atoms with Gasteiger partial charge in [-0.05, 0) is 62.4 Å². The SMILES string of the molecule is CNS(=O)(=O)c1ccc(S(=O)(=O)N2CC3CCC(N)C3C2)cc1C. The Bertz CT molecular complexity index is 851. The summed E-state index contributed by atoms with van der Waals surface area (Å²) < 4.78 is 53.3. The molecule has 3 rings (SSSR count). The van der Waals surface area contributed by atoms with E-state index in [4.69, 9.17) is 5.73 Å². The molecule has 0 aromatic heterocycles. The molecular formula is C15H23N3O4S2. The van der Waals surface area contributed by atoms with Gasteiger partial charge in [0.05, 0.1) is 9.79 Å². The Hall–Kier alpha value is -1.00. The molecule has 0 radical (unpaired) electrons. The molecule has 3 N–H and O–H groups in total. The molecule has 1 saturated heterocycles. The minimum Gasteiger partial charge on any atom is -0.327 e. The Kier molecular flexibility index (Phi) is 4.50. The Labute approximate surface area is 143 Å². The number of fused-ring (bicyclic) bond motifs is 1. The van der Waals surface area contributed by atoms with Gasteiger partial charge in [0.1, 0.15) is 0 Å². The Morgan fingerprint density at radius 3 is 2.46 bits per heavy atom. The number of hydrogen-bond acceptors (Lipinski definition) is 5. The summed E-state index contributed by atoms with van der Waals surface area (Å²) in [5.41, 5.74) is 6.48. The van der Waals surface area contributed by atoms with Crippen LogP contribution in [0.3, 0.4) is 0 Å². The minimum atomic E-state index is -3.63. The molecule has 0 amide bonds. The maximum atomic E-state index is 12.9. The van der Waals surface area contributed by atoms with Crippen molar-refractivity contribution in [3.63, 3.8) is 0 Å². The van der Waals surface area contributed by atoms with E-state index < -0.39 is 20.0 Å². The Balaban J connectivity index is 1.90. The standard InChI is InChI=1S/C15H23N3O4S2/c1-10-7-12(4-6-15(10)23(19,20)17-2)24(21,22)18-8-11-3-5-14(16)13(11)9-18/h4,6-7,11,13-14,17H,3,5,8-9,16H2,1-2H3. The van der Waals surface area contributed by atoms with E-state index in [1.54, 1.807) is 6.92 Å². The second kappa shape index (κ2) is 6.06. The quantitative estimate of drug-likeness (QED) is 0.787. The second-order valence-electron chi connectivity index (χ2n) is 6.62. The first-order chi connectivity index (χ1) is 11.2. The largest absolute Gasteiger partial charge is 0.327 e. The number of sulfonamides is 2. The van der Waals surface area contributed by atoms with Gasteiger partial charge < -0.3 is 5.73 Å². The third-order valence-corrected chi connectivity index (χ3v) is 8.62. The molecular weight excluding hydrogens is 350 g/mol. The lowest BCUT2D eigenvalue weighted by Gasteiger charge is -2.19. The zero-order valence-electron chi connectivity index (χ0n) is 13.8. The number of nitrogens with zero attached hydrogens (tertiary/aromatic N) is 1. The summed E-state index contributed by atoms with van der Waals surface area (Å²) in [5.74, 6) is 0.560. The Morgan fingerprint density at radius 1 is 1.17 bits per heavy atom. The minimum absolute atomic E-state index is 0.0695. The molecule has 3 unspecified atom stereocenters. The molecule has 24 heavy (non-hydrogen) atoms. The van der Waals surface area contributed by atoms with Gasteiger partial charge in [0.25, 0.3) is 0 Å². The lowest BCUT2D eigenvalue weighted by molar-refractivity contribution is 0.427. The number of aryl methyl sites for hydroxylation is 1. The van der Waals surface area contributed by atoms with Gasteiger partial charge in [0, 0.05) is 19.1 Å². The lowest BCUT2D eigenvalue weighted by atomic mass is 9.98. The van der Waals surface area contributed by atoms with Crippen LogP contribution in [0.5, 0.6) is 0 Å². The van der Waals surface area contributed by atoms with E-state index in [0.717, 1.165) is 12.8 Å². The first kappa shape index (κ1) is 17.8. The van der Waals surface area contributed by atoms with Crippen molar-refractivity contribution in [1.82, 2.24) is 9.03 Å². The summed E-state index contributed by atoms with van der Waals surface area (Å²) in [5, 5.41) is 0. The van der Waals surface area contributed by atoms with Crippen LogP contribution in [0.1, 0.15) is 18.4 Å². The van der Waals surface area contributed by atoms with Crippen LogP contribution in [-0.2, 0) is 20.0 Å². The van der Waals surface area contributed by atoms with Crippen molar-refractivity contribution >= 4 is 20.0 Å². The fraction of sp³-hybridized carbons (Fsp3) is 0.600. The maximum Gasteiger partial charge on any atom is 0.243 e. The number of nitrogens with one attached hydrogen (secondary N) is 1. The molecule has 9 heteroatoms. The molecule has 1 saturated carbocycles. The van der Waals surface area contributed by atoms with Gasteiger partial charge in [-0.1, -0.05) is 0 Å². The molecule has 2 fully saturated rings. The summed E-state index contributed by atoms with van der Waals surface area (Å²) in [6.45, 7) is 2.54. The van der Waals surface area contributed by atoms with E-state index in [9.17, 15) is 16.8 Å². The Morgan fingerprint density at radius 2 is 1.88 bits per heavy atom. The van der Waals surface area contributed by atoms with Gasteiger partial charge in [-0.2, -0.15) is 4.31 Å². The summed E-state index contributed by atoms with van der Waals surface area (Å²) in [6, 6.07) is 4.20. The predicted molar refractivity (Wildman–Crippen MR) is 90.4 cm³/mol. The van der Waals surface area contributed by atoms with Crippen molar-refractivity contribution in [1.29, 1.82) is 0 Å². The smallest absolute Gasteiger partial charge is 0.243 e. The average Bonchev–Trinajstić information content (AvgIpc) is 3.10. The molecule has 1 aliphatic heterocycles. The molecule has 3 atom stereocenters. The van der Waals surface area contributed by atoms with Crippen LogP contribution in [0.2, 0.25) is 0 Å². The first-order valence-corrected chi connectivity index (χ1v) is 10.9. The maximum absolute atomic E-state index is 12.9. The van der Waals surface area contributed by atoms with Gasteiger partial charge in [-0.3, -0.25) is 0 Å². The van der Waals surface area contributed by atoms with Crippen molar-refractivity contribution < 1.29 is 16.8 Å². The fourth-order valence-electron chi connectivity index (χ4n) is 3.81. The van der Waals surface area contributed by atoms with Crippen LogP contribution < -0.4 is 10.5 Å². The van der Waals surface area contributed by atoms with Gasteiger partial charge in [0.2, 0.25) is 20.0 Å². The molecule has 7 nitrogen and oxygen atoms in total. The highest BCUT2D eigenvalue weighted by Gasteiger charge is 2.45. The zero-order valence-corrected chi connectivity index (χ0v) is 15.4. The van der Waals surface area contributed by atoms with Gasteiger partial charge >= 0.3 is 0 Å². The molecule has 1 heterocycles. The third kappa shape index (κ3) is 2.88. The van der Waals surface area contributed by atoms with Gasteiger partial charge in [-0.15, -0.1) is 0 Å². The van der Waals surface area contributed by atoms with Crippen molar-refractivity contribution in [2.45, 2.75) is 35.6 Å². The highest BCUT2D eigenvalue weighted by atomic mass is 32.2. The first-order valence-electron chi connectivity index (χ1n) is 7.97. The molecule has 0 spiro atoms. The fourth-order valence-corrected chi connectivity index (χ4v) is 6.38. The third-order valence-electron chi connectivity index (χ3n) is 5.22. The number of benzene rings is 1. The van der Waals surface area contributed by atoms with Crippen LogP contribution >= 0.6 is 0 Å². The summed E-state index contributed by atoms with van der Waals surface area (Å²) in [4.78, 5) is 0.216. The van der Waals surface area contributed by atoms with Crippen LogP contribution in [0.15, 0.2) is 28.0 Å². The van der Waals surface area contributed by atoms with Crippen LogP contribution in [0, 0.1) is 18.8 Å². The van der Waals surface area contributed by atoms with E-state index in [0.29, 0.717) is 24.6 Å². The van der Waals surface area contributed by atoms with Crippen molar-refractivity contribution in [3.05, 3.63) is 23.8 Å². The summed E-state index contributed by atoms with van der Waals surface area (Å²) >= 11 is 0.